The van der Waals surface area contributed by atoms with E-state index in [4.69, 9.17) is 4.42 Å². The second-order valence-electron chi connectivity index (χ2n) is 21.8. The molecule has 0 spiro atoms. The smallest absolute Gasteiger partial charge is 0.143 e. The summed E-state index contributed by atoms with van der Waals surface area (Å²) >= 11 is 1.97. The quantitative estimate of drug-likeness (QED) is 0.175. The van der Waals surface area contributed by atoms with E-state index in [0.29, 0.717) is 0 Å². The van der Waals surface area contributed by atoms with E-state index in [0.717, 1.165) is 44.4 Å². The Bertz CT molecular complexity index is 3620. The highest BCUT2D eigenvalue weighted by molar-refractivity contribution is 7.26. The standard InChI is InChI=1S/C62H55NOS/c1-59(2,3)37-33-46-55-53(65-58(46)50(34-37)60(4,5)6)32-31-45-54-48(62(9,10)56(45)55)22-16-23-51(54)63(39-29-30-42-41-17-11-13-21-47(41)61(7,8)49(42)35-39)38-27-25-36(26-28-38)40-19-15-20-44-43-18-12-14-24-52(43)64-57(40)44/h11-35H,1-10H3. The Hall–Kier alpha value is -6.42. The lowest BCUT2D eigenvalue weighted by Gasteiger charge is -2.30. The van der Waals surface area contributed by atoms with Crippen LogP contribution in [-0.4, -0.2) is 0 Å². The van der Waals surface area contributed by atoms with Crippen molar-refractivity contribution in [3.8, 4) is 33.4 Å². The van der Waals surface area contributed by atoms with Gasteiger partial charge in [0.1, 0.15) is 11.2 Å². The molecule has 65 heavy (non-hydrogen) atoms. The lowest BCUT2D eigenvalue weighted by atomic mass is 9.78. The van der Waals surface area contributed by atoms with Gasteiger partial charge in [0.2, 0.25) is 0 Å². The van der Waals surface area contributed by atoms with Gasteiger partial charge >= 0.3 is 0 Å². The predicted octanol–water partition coefficient (Wildman–Crippen LogP) is 18.3. The highest BCUT2D eigenvalue weighted by Gasteiger charge is 2.41. The topological polar surface area (TPSA) is 16.4 Å². The van der Waals surface area contributed by atoms with Crippen molar-refractivity contribution >= 4 is 70.5 Å². The van der Waals surface area contributed by atoms with Crippen molar-refractivity contribution in [3.63, 3.8) is 0 Å². The summed E-state index contributed by atoms with van der Waals surface area (Å²) in [5, 5.41) is 5.10. The third-order valence-electron chi connectivity index (χ3n) is 14.9. The Kier molecular flexibility index (Phi) is 8.37. The number of thiophene rings is 1. The number of benzene rings is 8. The van der Waals surface area contributed by atoms with Gasteiger partial charge in [0.25, 0.3) is 0 Å². The molecular weight excluding hydrogens is 807 g/mol. The van der Waals surface area contributed by atoms with Crippen LogP contribution in [0.3, 0.4) is 0 Å². The molecule has 320 valence electrons. The molecular formula is C62H55NOS. The average molecular weight is 862 g/mol. The summed E-state index contributed by atoms with van der Waals surface area (Å²) in [7, 11) is 0. The maximum Gasteiger partial charge on any atom is 0.143 e. The fourth-order valence-corrected chi connectivity index (χ4v) is 12.9. The molecule has 0 amide bonds. The van der Waals surface area contributed by atoms with Crippen LogP contribution in [0.2, 0.25) is 0 Å². The van der Waals surface area contributed by atoms with E-state index in [-0.39, 0.29) is 21.7 Å². The van der Waals surface area contributed by atoms with Gasteiger partial charge in [0.15, 0.2) is 0 Å². The van der Waals surface area contributed by atoms with Gasteiger partial charge in [-0.3, -0.25) is 0 Å². The highest BCUT2D eigenvalue weighted by atomic mass is 32.1. The number of nitrogens with zero attached hydrogens (tertiary/aromatic N) is 1. The third-order valence-corrected chi connectivity index (χ3v) is 16.1. The van der Waals surface area contributed by atoms with Gasteiger partial charge in [0, 0.05) is 64.3 Å². The molecule has 2 heterocycles. The predicted molar refractivity (Wildman–Crippen MR) is 279 cm³/mol. The molecule has 3 heteroatoms. The number of para-hydroxylation sites is 2. The molecule has 2 nitrogen and oxygen atoms in total. The minimum Gasteiger partial charge on any atom is -0.455 e. The zero-order valence-corrected chi connectivity index (χ0v) is 40.0. The third kappa shape index (κ3) is 5.77. The van der Waals surface area contributed by atoms with E-state index in [1.807, 2.05) is 17.4 Å². The fourth-order valence-electron chi connectivity index (χ4n) is 11.5. The average Bonchev–Trinajstić information content (AvgIpc) is 3.98. The van der Waals surface area contributed by atoms with Crippen molar-refractivity contribution in [2.75, 3.05) is 4.90 Å². The largest absolute Gasteiger partial charge is 0.455 e. The second-order valence-corrected chi connectivity index (χ2v) is 22.8. The van der Waals surface area contributed by atoms with Gasteiger partial charge in [-0.15, -0.1) is 11.3 Å². The number of fused-ring (bicyclic) bond motifs is 13. The van der Waals surface area contributed by atoms with Crippen LogP contribution in [0.25, 0.3) is 75.5 Å². The van der Waals surface area contributed by atoms with Crippen molar-refractivity contribution in [1.29, 1.82) is 0 Å². The van der Waals surface area contributed by atoms with Gasteiger partial charge in [-0.2, -0.15) is 0 Å². The summed E-state index contributed by atoms with van der Waals surface area (Å²) in [6, 6.07) is 57.0. The minimum atomic E-state index is -0.240. The number of hydrogen-bond donors (Lipinski definition) is 0. The lowest BCUT2D eigenvalue weighted by molar-refractivity contribution is 0.573. The Morgan fingerprint density at radius 1 is 0.508 bits per heavy atom. The zero-order valence-electron chi connectivity index (χ0n) is 39.2. The molecule has 2 aliphatic carbocycles. The Morgan fingerprint density at radius 2 is 1.17 bits per heavy atom. The summed E-state index contributed by atoms with van der Waals surface area (Å²) in [6.07, 6.45) is 0. The van der Waals surface area contributed by atoms with Gasteiger partial charge in [-0.1, -0.05) is 172 Å². The first-order valence-electron chi connectivity index (χ1n) is 23.3. The molecule has 0 N–H and O–H groups in total. The van der Waals surface area contributed by atoms with E-state index >= 15 is 0 Å². The monoisotopic (exact) mass is 861 g/mol. The highest BCUT2D eigenvalue weighted by Crippen LogP contribution is 2.59. The number of furan rings is 1. The molecule has 0 aliphatic heterocycles. The van der Waals surface area contributed by atoms with Crippen LogP contribution in [0.1, 0.15) is 103 Å². The summed E-state index contributed by atoms with van der Waals surface area (Å²) in [5.74, 6) is 0. The molecule has 0 unspecified atom stereocenters. The number of hydrogen-bond acceptors (Lipinski definition) is 3. The maximum absolute atomic E-state index is 6.53. The maximum atomic E-state index is 6.53. The molecule has 12 rings (SSSR count). The summed E-state index contributed by atoms with van der Waals surface area (Å²) in [4.78, 5) is 2.53. The molecule has 0 saturated heterocycles. The van der Waals surface area contributed by atoms with Crippen LogP contribution in [0.15, 0.2) is 156 Å². The van der Waals surface area contributed by atoms with Gasteiger partial charge in [0.05, 0.1) is 5.69 Å². The van der Waals surface area contributed by atoms with Crippen molar-refractivity contribution < 1.29 is 4.42 Å². The van der Waals surface area contributed by atoms with Crippen LogP contribution in [0.5, 0.6) is 0 Å². The molecule has 0 radical (unpaired) electrons. The van der Waals surface area contributed by atoms with Crippen molar-refractivity contribution in [2.24, 2.45) is 0 Å². The zero-order chi connectivity index (χ0) is 44.9. The number of rotatable bonds is 4. The van der Waals surface area contributed by atoms with Crippen molar-refractivity contribution in [3.05, 3.63) is 185 Å². The molecule has 2 aromatic heterocycles. The second kappa shape index (κ2) is 13.6. The normalized spacial score (nSPS) is 14.9. The first-order chi connectivity index (χ1) is 31.0. The van der Waals surface area contributed by atoms with Gasteiger partial charge in [-0.25, -0.2) is 0 Å². The lowest BCUT2D eigenvalue weighted by Crippen LogP contribution is -2.18. The van der Waals surface area contributed by atoms with Crippen molar-refractivity contribution in [2.45, 2.75) is 90.9 Å². The molecule has 0 fully saturated rings. The van der Waals surface area contributed by atoms with Gasteiger partial charge < -0.3 is 9.32 Å². The van der Waals surface area contributed by atoms with E-state index in [1.165, 1.54) is 81.5 Å². The Balaban J connectivity index is 1.09. The molecule has 0 bridgehead atoms. The van der Waals surface area contributed by atoms with Crippen LogP contribution < -0.4 is 4.90 Å². The summed E-state index contributed by atoms with van der Waals surface area (Å²) < 4.78 is 9.32. The van der Waals surface area contributed by atoms with E-state index < -0.39 is 0 Å². The van der Waals surface area contributed by atoms with E-state index in [2.05, 4.69) is 220 Å². The van der Waals surface area contributed by atoms with Crippen LogP contribution in [0.4, 0.5) is 17.1 Å². The Labute approximate surface area is 387 Å². The fraction of sp³-hybridized carbons (Fsp3) is 0.226. The first-order valence-corrected chi connectivity index (χ1v) is 24.1. The summed E-state index contributed by atoms with van der Waals surface area (Å²) in [6.45, 7) is 23.8. The number of anilines is 3. The molecule has 0 atom stereocenters. The SMILES string of the molecule is CC(C)(C)c1cc(C(C)(C)C)c2sc3ccc4c(c3c2c1)C(C)(C)c1cccc(N(c2ccc(-c3cccc5c3oc3ccccc35)cc2)c2ccc3c(c2)C(C)(C)c2ccccc2-3)c1-4. The Morgan fingerprint density at radius 3 is 1.95 bits per heavy atom. The molecule has 10 aromatic rings. The van der Waals surface area contributed by atoms with Gasteiger partial charge in [-0.05, 0) is 115 Å². The molecule has 0 saturated carbocycles. The minimum absolute atomic E-state index is 0.00956. The van der Waals surface area contributed by atoms with Crippen LogP contribution >= 0.6 is 11.3 Å². The van der Waals surface area contributed by atoms with Crippen LogP contribution in [0, 0.1) is 0 Å². The summed E-state index contributed by atoms with van der Waals surface area (Å²) in [5.41, 5.74) is 20.9. The first kappa shape index (κ1) is 40.1. The molecule has 2 aliphatic rings. The van der Waals surface area contributed by atoms with E-state index in [9.17, 15) is 0 Å². The van der Waals surface area contributed by atoms with E-state index in [1.54, 1.807) is 0 Å². The van der Waals surface area contributed by atoms with Crippen LogP contribution in [-0.2, 0) is 21.7 Å². The van der Waals surface area contributed by atoms with Crippen molar-refractivity contribution in [1.82, 2.24) is 0 Å². The molecule has 8 aromatic carbocycles.